The van der Waals surface area contributed by atoms with Gasteiger partial charge in [0.25, 0.3) is 5.91 Å². The molecule has 0 saturated heterocycles. The summed E-state index contributed by atoms with van der Waals surface area (Å²) in [6, 6.07) is 3.56. The standard InChI is InChI=1S/C13H16BrNO3S/c1-13(7-3-2-4-8(13)12(17)18)15-11(16)9-5-6-10(14)19-9/h5-6,8H,2-4,7H2,1H3,(H,15,16)(H,17,18). The number of thiophene rings is 1. The van der Waals surface area contributed by atoms with Gasteiger partial charge in [-0.05, 0) is 47.8 Å². The van der Waals surface area contributed by atoms with Gasteiger partial charge in [-0.2, -0.15) is 0 Å². The first-order chi connectivity index (χ1) is 8.92. The van der Waals surface area contributed by atoms with Crippen LogP contribution in [0.5, 0.6) is 0 Å². The molecule has 2 N–H and O–H groups in total. The Morgan fingerprint density at radius 3 is 2.79 bits per heavy atom. The number of carboxylic acid groups (broad SMARTS) is 1. The van der Waals surface area contributed by atoms with Gasteiger partial charge in [0, 0.05) is 0 Å². The van der Waals surface area contributed by atoms with E-state index in [1.165, 1.54) is 11.3 Å². The number of amides is 1. The SMILES string of the molecule is CC1(NC(=O)c2ccc(Br)s2)CCCCC1C(=O)O. The molecule has 2 unspecified atom stereocenters. The quantitative estimate of drug-likeness (QED) is 0.883. The Morgan fingerprint density at radius 2 is 2.21 bits per heavy atom. The number of hydrogen-bond donors (Lipinski definition) is 2. The van der Waals surface area contributed by atoms with E-state index in [-0.39, 0.29) is 5.91 Å². The molecule has 0 spiro atoms. The summed E-state index contributed by atoms with van der Waals surface area (Å²) < 4.78 is 0.890. The molecular weight excluding hydrogens is 330 g/mol. The summed E-state index contributed by atoms with van der Waals surface area (Å²) in [7, 11) is 0. The minimum Gasteiger partial charge on any atom is -0.481 e. The number of rotatable bonds is 3. The van der Waals surface area contributed by atoms with Crippen molar-refractivity contribution in [1.82, 2.24) is 5.32 Å². The largest absolute Gasteiger partial charge is 0.481 e. The summed E-state index contributed by atoms with van der Waals surface area (Å²) in [5, 5.41) is 12.2. The molecule has 6 heteroatoms. The van der Waals surface area contributed by atoms with Gasteiger partial charge in [-0.15, -0.1) is 11.3 Å². The highest BCUT2D eigenvalue weighted by molar-refractivity contribution is 9.11. The number of carboxylic acids is 1. The predicted molar refractivity (Wildman–Crippen MR) is 77.5 cm³/mol. The molecular formula is C13H16BrNO3S. The van der Waals surface area contributed by atoms with E-state index in [0.717, 1.165) is 16.6 Å². The lowest BCUT2D eigenvalue weighted by molar-refractivity contribution is -0.145. The van der Waals surface area contributed by atoms with Crippen LogP contribution >= 0.6 is 27.3 Å². The van der Waals surface area contributed by atoms with Gasteiger partial charge >= 0.3 is 5.97 Å². The van der Waals surface area contributed by atoms with Crippen LogP contribution in [0.15, 0.2) is 15.9 Å². The Balaban J connectivity index is 2.15. The van der Waals surface area contributed by atoms with Gasteiger partial charge in [0.1, 0.15) is 0 Å². The fourth-order valence-corrected chi connectivity index (χ4v) is 3.92. The third-order valence-electron chi connectivity index (χ3n) is 3.70. The summed E-state index contributed by atoms with van der Waals surface area (Å²) in [5.41, 5.74) is -0.655. The van der Waals surface area contributed by atoms with Crippen molar-refractivity contribution < 1.29 is 14.7 Å². The van der Waals surface area contributed by atoms with Gasteiger partial charge in [-0.3, -0.25) is 9.59 Å². The average Bonchev–Trinajstić information content (AvgIpc) is 2.75. The maximum atomic E-state index is 12.2. The second kappa shape index (κ2) is 5.63. The number of hydrogen-bond acceptors (Lipinski definition) is 3. The van der Waals surface area contributed by atoms with Crippen LogP contribution in [0.4, 0.5) is 0 Å². The lowest BCUT2D eigenvalue weighted by Crippen LogP contribution is -2.55. The summed E-state index contributed by atoms with van der Waals surface area (Å²) in [6.07, 6.45) is 3.20. The summed E-state index contributed by atoms with van der Waals surface area (Å²) >= 11 is 4.67. The van der Waals surface area contributed by atoms with E-state index >= 15 is 0 Å². The maximum Gasteiger partial charge on any atom is 0.308 e. The molecule has 0 bridgehead atoms. The normalized spacial score (nSPS) is 26.9. The number of carbonyl (C=O) groups is 2. The molecule has 1 aliphatic carbocycles. The van der Waals surface area contributed by atoms with E-state index < -0.39 is 17.4 Å². The van der Waals surface area contributed by atoms with Crippen molar-refractivity contribution in [3.05, 3.63) is 20.8 Å². The number of halogens is 1. The Bertz CT molecular complexity index is 502. The lowest BCUT2D eigenvalue weighted by Gasteiger charge is -2.39. The first kappa shape index (κ1) is 14.5. The maximum absolute atomic E-state index is 12.2. The minimum atomic E-state index is -0.824. The van der Waals surface area contributed by atoms with E-state index in [0.29, 0.717) is 17.7 Å². The summed E-state index contributed by atoms with van der Waals surface area (Å²) in [4.78, 5) is 24.1. The molecule has 1 aliphatic rings. The van der Waals surface area contributed by atoms with E-state index in [4.69, 9.17) is 0 Å². The van der Waals surface area contributed by atoms with E-state index in [1.807, 2.05) is 13.0 Å². The zero-order chi connectivity index (χ0) is 14.0. The van der Waals surface area contributed by atoms with Crippen molar-refractivity contribution in [2.24, 2.45) is 5.92 Å². The van der Waals surface area contributed by atoms with Crippen LogP contribution in [0.2, 0.25) is 0 Å². The Hall–Kier alpha value is -0.880. The molecule has 0 radical (unpaired) electrons. The Kier molecular flexibility index (Phi) is 4.30. The van der Waals surface area contributed by atoms with Crippen LogP contribution in [0.3, 0.4) is 0 Å². The molecule has 0 aliphatic heterocycles. The molecule has 4 nitrogen and oxygen atoms in total. The van der Waals surface area contributed by atoms with Gasteiger partial charge in [0.2, 0.25) is 0 Å². The lowest BCUT2D eigenvalue weighted by atomic mass is 9.74. The molecule has 1 heterocycles. The van der Waals surface area contributed by atoms with Crippen LogP contribution in [0.25, 0.3) is 0 Å². The van der Waals surface area contributed by atoms with Crippen molar-refractivity contribution >= 4 is 39.1 Å². The van der Waals surface area contributed by atoms with Crippen LogP contribution in [0, 0.1) is 5.92 Å². The number of nitrogens with one attached hydrogen (secondary N) is 1. The molecule has 0 aromatic carbocycles. The highest BCUT2D eigenvalue weighted by Crippen LogP contribution is 2.34. The molecule has 1 fully saturated rings. The van der Waals surface area contributed by atoms with Crippen LogP contribution < -0.4 is 5.32 Å². The molecule has 1 aromatic rings. The fourth-order valence-electron chi connectivity index (χ4n) is 2.64. The van der Waals surface area contributed by atoms with Gasteiger partial charge in [0.15, 0.2) is 0 Å². The van der Waals surface area contributed by atoms with Crippen LogP contribution in [-0.4, -0.2) is 22.5 Å². The average molecular weight is 346 g/mol. The monoisotopic (exact) mass is 345 g/mol. The number of aliphatic carboxylic acids is 1. The zero-order valence-corrected chi connectivity index (χ0v) is 13.0. The summed E-state index contributed by atoms with van der Waals surface area (Å²) in [5.74, 6) is -1.52. The highest BCUT2D eigenvalue weighted by Gasteiger charge is 2.42. The second-order valence-corrected chi connectivity index (χ2v) is 7.57. The first-order valence-electron chi connectivity index (χ1n) is 6.23. The van der Waals surface area contributed by atoms with Crippen molar-refractivity contribution in [3.8, 4) is 0 Å². The molecule has 2 atom stereocenters. The van der Waals surface area contributed by atoms with E-state index in [9.17, 15) is 14.7 Å². The fraction of sp³-hybridized carbons (Fsp3) is 0.538. The smallest absolute Gasteiger partial charge is 0.308 e. The molecule has 1 aromatic heterocycles. The molecule has 1 saturated carbocycles. The van der Waals surface area contributed by atoms with Gasteiger partial charge < -0.3 is 10.4 Å². The topological polar surface area (TPSA) is 66.4 Å². The predicted octanol–water partition coefficient (Wildman–Crippen LogP) is 3.27. The van der Waals surface area contributed by atoms with Crippen LogP contribution in [0.1, 0.15) is 42.3 Å². The highest BCUT2D eigenvalue weighted by atomic mass is 79.9. The zero-order valence-electron chi connectivity index (χ0n) is 10.6. The molecule has 2 rings (SSSR count). The molecule has 104 valence electrons. The second-order valence-electron chi connectivity index (χ2n) is 5.11. The Labute approximate surface area is 124 Å². The van der Waals surface area contributed by atoms with Crippen molar-refractivity contribution in [2.75, 3.05) is 0 Å². The van der Waals surface area contributed by atoms with Gasteiger partial charge in [0.05, 0.1) is 20.1 Å². The van der Waals surface area contributed by atoms with E-state index in [2.05, 4.69) is 21.2 Å². The first-order valence-corrected chi connectivity index (χ1v) is 7.84. The molecule has 1 amide bonds. The van der Waals surface area contributed by atoms with E-state index in [1.54, 1.807) is 6.07 Å². The third-order valence-corrected chi connectivity index (χ3v) is 5.32. The van der Waals surface area contributed by atoms with Crippen molar-refractivity contribution in [3.63, 3.8) is 0 Å². The summed E-state index contributed by atoms with van der Waals surface area (Å²) in [6.45, 7) is 1.84. The molecule has 19 heavy (non-hydrogen) atoms. The van der Waals surface area contributed by atoms with Crippen LogP contribution in [-0.2, 0) is 4.79 Å². The van der Waals surface area contributed by atoms with Crippen molar-refractivity contribution in [1.29, 1.82) is 0 Å². The van der Waals surface area contributed by atoms with Crippen molar-refractivity contribution in [2.45, 2.75) is 38.1 Å². The number of carbonyl (C=O) groups excluding carboxylic acids is 1. The van der Waals surface area contributed by atoms with Gasteiger partial charge in [-0.25, -0.2) is 0 Å². The third kappa shape index (κ3) is 3.17. The van der Waals surface area contributed by atoms with Gasteiger partial charge in [-0.1, -0.05) is 12.8 Å². The minimum absolute atomic E-state index is 0.189. The Morgan fingerprint density at radius 1 is 1.47 bits per heavy atom.